The Bertz CT molecular complexity index is 1660. The molecule has 4 aromatic rings. The van der Waals surface area contributed by atoms with Gasteiger partial charge in [0.2, 0.25) is 5.76 Å². The van der Waals surface area contributed by atoms with Crippen LogP contribution in [0.3, 0.4) is 0 Å². The number of hydrogen-bond acceptors (Lipinski definition) is 5. The molecule has 1 unspecified atom stereocenters. The first-order valence-corrected chi connectivity index (χ1v) is 12.4. The number of rotatable bonds is 5. The Hall–Kier alpha value is -4.23. The quantitative estimate of drug-likeness (QED) is 0.452. The molecule has 37 heavy (non-hydrogen) atoms. The van der Waals surface area contributed by atoms with Crippen LogP contribution in [-0.2, 0) is 16.9 Å². The van der Waals surface area contributed by atoms with Gasteiger partial charge in [-0.25, -0.2) is 0 Å². The molecule has 0 fully saturated rings. The number of amides is 2. The van der Waals surface area contributed by atoms with Crippen LogP contribution in [0.25, 0.3) is 11.0 Å². The summed E-state index contributed by atoms with van der Waals surface area (Å²) in [6.07, 6.45) is 0.252. The second-order valence-corrected chi connectivity index (χ2v) is 9.78. The maximum absolute atomic E-state index is 14.6. The van der Waals surface area contributed by atoms with Crippen LogP contribution in [0.1, 0.15) is 44.8 Å². The number of aryl methyl sites for hydroxylation is 2. The molecule has 2 aliphatic rings. The highest BCUT2D eigenvalue weighted by Gasteiger charge is 2.64. The molecule has 186 valence electrons. The Balaban J connectivity index is 1.65. The van der Waals surface area contributed by atoms with Gasteiger partial charge < -0.3 is 19.3 Å². The van der Waals surface area contributed by atoms with E-state index in [1.807, 2.05) is 62.4 Å². The largest absolute Gasteiger partial charge is 0.450 e. The minimum Gasteiger partial charge on any atom is -0.450 e. The Morgan fingerprint density at radius 1 is 0.919 bits per heavy atom. The van der Waals surface area contributed by atoms with Gasteiger partial charge in [0, 0.05) is 18.7 Å². The van der Waals surface area contributed by atoms with Crippen molar-refractivity contribution in [2.75, 3.05) is 18.1 Å². The van der Waals surface area contributed by atoms with Crippen LogP contribution in [0.15, 0.2) is 75.9 Å². The molecule has 0 bridgehead atoms. The molecule has 1 spiro atoms. The van der Waals surface area contributed by atoms with Crippen molar-refractivity contribution in [1.82, 2.24) is 4.90 Å². The summed E-state index contributed by atoms with van der Waals surface area (Å²) < 4.78 is 6.06. The third kappa shape index (κ3) is 3.20. The molecule has 1 aromatic heterocycles. The van der Waals surface area contributed by atoms with E-state index in [0.717, 1.165) is 16.7 Å². The maximum atomic E-state index is 14.6. The zero-order valence-corrected chi connectivity index (χ0v) is 20.7. The summed E-state index contributed by atoms with van der Waals surface area (Å²) in [5.41, 5.74) is 2.39. The van der Waals surface area contributed by atoms with Gasteiger partial charge in [-0.15, -0.1) is 0 Å². The topological polar surface area (TPSA) is 91.1 Å². The van der Waals surface area contributed by atoms with E-state index in [0.29, 0.717) is 22.2 Å². The Kier molecular flexibility index (Phi) is 5.28. The molecule has 7 nitrogen and oxygen atoms in total. The second-order valence-electron chi connectivity index (χ2n) is 9.78. The predicted molar refractivity (Wildman–Crippen MR) is 140 cm³/mol. The van der Waals surface area contributed by atoms with Gasteiger partial charge in [0.1, 0.15) is 5.58 Å². The lowest BCUT2D eigenvalue weighted by molar-refractivity contribution is -0.126. The van der Waals surface area contributed by atoms with Crippen LogP contribution in [-0.4, -0.2) is 35.0 Å². The van der Waals surface area contributed by atoms with E-state index in [2.05, 4.69) is 0 Å². The third-order valence-electron chi connectivity index (χ3n) is 7.35. The molecule has 2 amide bonds. The van der Waals surface area contributed by atoms with Crippen LogP contribution in [0.4, 0.5) is 5.69 Å². The van der Waals surface area contributed by atoms with E-state index in [1.165, 1.54) is 4.90 Å². The lowest BCUT2D eigenvalue weighted by Crippen LogP contribution is -2.53. The van der Waals surface area contributed by atoms with Crippen LogP contribution in [0.2, 0.25) is 0 Å². The average molecular weight is 495 g/mol. The first-order valence-electron chi connectivity index (χ1n) is 12.4. The van der Waals surface area contributed by atoms with E-state index >= 15 is 0 Å². The second kappa shape index (κ2) is 8.42. The summed E-state index contributed by atoms with van der Waals surface area (Å²) in [6, 6.07) is 20.4. The fourth-order valence-electron chi connectivity index (χ4n) is 5.78. The van der Waals surface area contributed by atoms with Gasteiger partial charge in [0.25, 0.3) is 11.8 Å². The number of para-hydroxylation sites is 1. The zero-order chi connectivity index (χ0) is 25.9. The summed E-state index contributed by atoms with van der Waals surface area (Å²) in [5, 5.41) is 9.95. The minimum atomic E-state index is -1.67. The Labute approximate surface area is 213 Å². The van der Waals surface area contributed by atoms with E-state index in [1.54, 1.807) is 23.1 Å². The van der Waals surface area contributed by atoms with Crippen LogP contribution >= 0.6 is 0 Å². The zero-order valence-electron chi connectivity index (χ0n) is 20.7. The first-order chi connectivity index (χ1) is 17.9. The lowest BCUT2D eigenvalue weighted by atomic mass is 9.84. The number of aliphatic hydroxyl groups is 1. The van der Waals surface area contributed by atoms with Crippen molar-refractivity contribution in [1.29, 1.82) is 0 Å². The van der Waals surface area contributed by atoms with E-state index in [4.69, 9.17) is 4.42 Å². The fourth-order valence-corrected chi connectivity index (χ4v) is 5.78. The number of benzene rings is 3. The highest BCUT2D eigenvalue weighted by Crippen LogP contribution is 2.52. The number of nitrogens with zero attached hydrogens (tertiary/aromatic N) is 2. The maximum Gasteiger partial charge on any atom is 0.291 e. The fraction of sp³-hybridized carbons (Fsp3) is 0.233. The molecule has 0 saturated heterocycles. The molecule has 3 aromatic carbocycles. The first kappa shape index (κ1) is 23.2. The average Bonchev–Trinajstić information content (AvgIpc) is 3.28. The van der Waals surface area contributed by atoms with Crippen molar-refractivity contribution >= 4 is 28.5 Å². The van der Waals surface area contributed by atoms with Crippen molar-refractivity contribution in [2.24, 2.45) is 0 Å². The van der Waals surface area contributed by atoms with Crippen LogP contribution in [0, 0.1) is 13.8 Å². The summed E-state index contributed by atoms with van der Waals surface area (Å²) in [5.74, 6) is -1.01. The third-order valence-corrected chi connectivity index (χ3v) is 7.35. The molecule has 7 heteroatoms. The monoisotopic (exact) mass is 494 g/mol. The van der Waals surface area contributed by atoms with E-state index in [-0.39, 0.29) is 48.8 Å². The van der Waals surface area contributed by atoms with Crippen LogP contribution in [0.5, 0.6) is 0 Å². The molecular weight excluding hydrogens is 468 g/mol. The number of fused-ring (bicyclic) bond motifs is 5. The summed E-state index contributed by atoms with van der Waals surface area (Å²) in [4.78, 5) is 45.6. The highest BCUT2D eigenvalue weighted by molar-refractivity contribution is 6.17. The number of hydrogen-bond donors (Lipinski definition) is 1. The van der Waals surface area contributed by atoms with Crippen molar-refractivity contribution in [2.45, 2.75) is 32.4 Å². The standard InChI is InChI=1S/C30H26N2O5/c1-18-7-5-8-20(15-18)17-31-23-10-4-3-9-22(23)30(29(31)36)25-26(34)21-16-19(2)11-12-24(21)37-27(25)28(35)32(30)13-6-14-33/h3-5,7-12,15-16,33H,6,13-14,17H2,1-2H3. The molecule has 0 saturated carbocycles. The lowest BCUT2D eigenvalue weighted by Gasteiger charge is -2.34. The van der Waals surface area contributed by atoms with Gasteiger partial charge in [-0.3, -0.25) is 14.4 Å². The molecular formula is C30H26N2O5. The Morgan fingerprint density at radius 2 is 1.70 bits per heavy atom. The number of aliphatic hydroxyl groups excluding tert-OH is 1. The highest BCUT2D eigenvalue weighted by atomic mass is 16.3. The summed E-state index contributed by atoms with van der Waals surface area (Å²) >= 11 is 0. The number of anilines is 1. The number of carbonyl (C=O) groups is 2. The van der Waals surface area contributed by atoms with Crippen molar-refractivity contribution in [3.8, 4) is 0 Å². The van der Waals surface area contributed by atoms with Gasteiger partial charge >= 0.3 is 0 Å². The van der Waals surface area contributed by atoms with Gasteiger partial charge in [-0.05, 0) is 44.0 Å². The predicted octanol–water partition coefficient (Wildman–Crippen LogP) is 4.04. The number of carbonyl (C=O) groups excluding carboxylic acids is 2. The summed E-state index contributed by atoms with van der Waals surface area (Å²) in [7, 11) is 0. The van der Waals surface area contributed by atoms with Crippen molar-refractivity contribution in [3.05, 3.63) is 111 Å². The summed E-state index contributed by atoms with van der Waals surface area (Å²) in [6.45, 7) is 4.08. The van der Waals surface area contributed by atoms with Gasteiger partial charge in [0.15, 0.2) is 11.0 Å². The minimum absolute atomic E-state index is 0.0535. The molecule has 0 radical (unpaired) electrons. The van der Waals surface area contributed by atoms with E-state index < -0.39 is 11.4 Å². The van der Waals surface area contributed by atoms with Gasteiger partial charge in [-0.2, -0.15) is 0 Å². The van der Waals surface area contributed by atoms with Crippen molar-refractivity contribution in [3.63, 3.8) is 0 Å². The van der Waals surface area contributed by atoms with Gasteiger partial charge in [0.05, 0.1) is 23.2 Å². The van der Waals surface area contributed by atoms with Gasteiger partial charge in [-0.1, -0.05) is 59.7 Å². The van der Waals surface area contributed by atoms with Crippen molar-refractivity contribution < 1.29 is 19.1 Å². The van der Waals surface area contributed by atoms with E-state index in [9.17, 15) is 19.5 Å². The molecule has 6 rings (SSSR count). The molecule has 1 N–H and O–H groups in total. The van der Waals surface area contributed by atoms with Crippen LogP contribution < -0.4 is 10.3 Å². The smallest absolute Gasteiger partial charge is 0.291 e. The molecule has 1 atom stereocenters. The molecule has 2 aliphatic heterocycles. The molecule has 0 aliphatic carbocycles. The normalized spacial score (nSPS) is 18.2. The Morgan fingerprint density at radius 3 is 2.49 bits per heavy atom. The molecule has 3 heterocycles. The SMILES string of the molecule is Cc1cccc(CN2C(=O)C3(c4ccccc42)c2c(oc4ccc(C)cc4c2=O)C(=O)N3CCCO)c1.